The van der Waals surface area contributed by atoms with Crippen LogP contribution in [0.3, 0.4) is 0 Å². The second kappa shape index (κ2) is 6.71. The van der Waals surface area contributed by atoms with E-state index < -0.39 is 0 Å². The second-order valence-electron chi connectivity index (χ2n) is 5.96. The number of para-hydroxylation sites is 1. The van der Waals surface area contributed by atoms with E-state index in [0.717, 1.165) is 31.7 Å². The summed E-state index contributed by atoms with van der Waals surface area (Å²) >= 11 is 0. The first-order valence-electron chi connectivity index (χ1n) is 8.36. The van der Waals surface area contributed by atoms with Crippen molar-refractivity contribution in [2.75, 3.05) is 16.8 Å². The summed E-state index contributed by atoms with van der Waals surface area (Å²) in [6.45, 7) is 1.72. The molecule has 1 aliphatic rings. The van der Waals surface area contributed by atoms with E-state index in [1.807, 2.05) is 30.5 Å². The quantitative estimate of drug-likeness (QED) is 0.784. The van der Waals surface area contributed by atoms with E-state index in [-0.39, 0.29) is 0 Å². The Morgan fingerprint density at radius 1 is 0.958 bits per heavy atom. The van der Waals surface area contributed by atoms with Crippen molar-refractivity contribution in [3.05, 3.63) is 78.0 Å². The lowest BCUT2D eigenvalue weighted by Gasteiger charge is -2.30. The molecule has 4 nitrogen and oxygen atoms in total. The topological polar surface area (TPSA) is 41.1 Å². The zero-order chi connectivity index (χ0) is 16.2. The molecule has 2 aromatic carbocycles. The van der Waals surface area contributed by atoms with Gasteiger partial charge in [0.1, 0.15) is 5.82 Å². The molecule has 24 heavy (non-hydrogen) atoms. The van der Waals surface area contributed by atoms with Gasteiger partial charge in [-0.15, -0.1) is 0 Å². The Bertz CT molecular complexity index is 817. The summed E-state index contributed by atoms with van der Waals surface area (Å²) in [6.07, 6.45) is 4.11. The number of nitrogens with zero attached hydrogens (tertiary/aromatic N) is 3. The van der Waals surface area contributed by atoms with E-state index in [1.165, 1.54) is 16.8 Å². The third-order valence-corrected chi connectivity index (χ3v) is 4.32. The highest BCUT2D eigenvalue weighted by Gasteiger charge is 2.18. The lowest BCUT2D eigenvalue weighted by Crippen LogP contribution is -2.25. The summed E-state index contributed by atoms with van der Waals surface area (Å²) in [5, 5.41) is 3.32. The van der Waals surface area contributed by atoms with Gasteiger partial charge in [-0.3, -0.25) is 0 Å². The van der Waals surface area contributed by atoms with Gasteiger partial charge in [0.05, 0.1) is 0 Å². The lowest BCUT2D eigenvalue weighted by atomic mass is 10.0. The molecule has 0 fully saturated rings. The molecule has 0 atom stereocenters. The molecule has 1 N–H and O–H groups in total. The van der Waals surface area contributed by atoms with Gasteiger partial charge >= 0.3 is 0 Å². The minimum Gasteiger partial charge on any atom is -0.350 e. The van der Waals surface area contributed by atoms with Crippen LogP contribution >= 0.6 is 0 Å². The van der Waals surface area contributed by atoms with Crippen LogP contribution < -0.4 is 10.2 Å². The fourth-order valence-corrected chi connectivity index (χ4v) is 3.13. The number of hydrogen-bond acceptors (Lipinski definition) is 4. The predicted molar refractivity (Wildman–Crippen MR) is 97.6 cm³/mol. The third kappa shape index (κ3) is 3.08. The highest BCUT2D eigenvalue weighted by molar-refractivity contribution is 5.65. The zero-order valence-electron chi connectivity index (χ0n) is 13.5. The highest BCUT2D eigenvalue weighted by Crippen LogP contribution is 2.32. The molecular weight excluding hydrogens is 296 g/mol. The summed E-state index contributed by atoms with van der Waals surface area (Å²) in [5.41, 5.74) is 3.87. The molecule has 0 saturated carbocycles. The van der Waals surface area contributed by atoms with Crippen molar-refractivity contribution in [1.29, 1.82) is 0 Å². The van der Waals surface area contributed by atoms with E-state index in [9.17, 15) is 0 Å². The second-order valence-corrected chi connectivity index (χ2v) is 5.96. The van der Waals surface area contributed by atoms with Crippen LogP contribution in [-0.2, 0) is 13.0 Å². The smallest absolute Gasteiger partial charge is 0.224 e. The number of hydrogen-bond donors (Lipinski definition) is 1. The zero-order valence-corrected chi connectivity index (χ0v) is 13.5. The van der Waals surface area contributed by atoms with Gasteiger partial charge in [0, 0.05) is 25.0 Å². The molecule has 0 radical (unpaired) electrons. The van der Waals surface area contributed by atoms with E-state index in [1.54, 1.807) is 0 Å². The Kier molecular flexibility index (Phi) is 4.11. The monoisotopic (exact) mass is 316 g/mol. The van der Waals surface area contributed by atoms with Gasteiger partial charge in [-0.1, -0.05) is 48.5 Å². The molecule has 0 bridgehead atoms. The minimum atomic E-state index is 0.666. The summed E-state index contributed by atoms with van der Waals surface area (Å²) in [5.74, 6) is 1.62. The van der Waals surface area contributed by atoms with Crippen molar-refractivity contribution in [1.82, 2.24) is 9.97 Å². The fraction of sp³-hybridized carbons (Fsp3) is 0.200. The van der Waals surface area contributed by atoms with E-state index in [2.05, 4.69) is 51.6 Å². The number of benzene rings is 2. The van der Waals surface area contributed by atoms with Crippen LogP contribution in [0.4, 0.5) is 17.5 Å². The van der Waals surface area contributed by atoms with Crippen LogP contribution in [0.15, 0.2) is 66.9 Å². The SMILES string of the molecule is c1ccc(CNc2nccc(N3CCCc4ccccc43)n2)cc1. The third-order valence-electron chi connectivity index (χ3n) is 4.32. The Morgan fingerprint density at radius 3 is 2.71 bits per heavy atom. The first kappa shape index (κ1) is 14.7. The largest absolute Gasteiger partial charge is 0.350 e. The molecule has 1 aliphatic heterocycles. The van der Waals surface area contributed by atoms with Crippen molar-refractivity contribution in [3.63, 3.8) is 0 Å². The van der Waals surface area contributed by atoms with Crippen molar-refractivity contribution >= 4 is 17.5 Å². The molecule has 2 heterocycles. The van der Waals surface area contributed by atoms with Gasteiger partial charge in [-0.2, -0.15) is 4.98 Å². The van der Waals surface area contributed by atoms with Crippen molar-refractivity contribution in [2.24, 2.45) is 0 Å². The van der Waals surface area contributed by atoms with Crippen molar-refractivity contribution in [3.8, 4) is 0 Å². The Balaban J connectivity index is 1.55. The molecule has 0 aliphatic carbocycles. The van der Waals surface area contributed by atoms with Gasteiger partial charge in [-0.25, -0.2) is 4.98 Å². The normalized spacial score (nSPS) is 13.4. The molecule has 3 aromatic rings. The molecule has 0 saturated heterocycles. The first-order chi connectivity index (χ1) is 11.9. The minimum absolute atomic E-state index is 0.666. The standard InChI is InChI=1S/C20H20N4/c1-2-7-16(8-3-1)15-22-20-21-13-12-19(23-20)24-14-6-10-17-9-4-5-11-18(17)24/h1-5,7-9,11-13H,6,10,14-15H2,(H,21,22,23). The average Bonchev–Trinajstić information content (AvgIpc) is 2.67. The summed E-state index contributed by atoms with van der Waals surface area (Å²) in [4.78, 5) is 11.4. The van der Waals surface area contributed by atoms with E-state index in [4.69, 9.17) is 4.98 Å². The summed E-state index contributed by atoms with van der Waals surface area (Å²) < 4.78 is 0. The molecule has 0 unspecified atom stereocenters. The fourth-order valence-electron chi connectivity index (χ4n) is 3.13. The van der Waals surface area contributed by atoms with Crippen molar-refractivity contribution in [2.45, 2.75) is 19.4 Å². The van der Waals surface area contributed by atoms with Crippen LogP contribution in [0.2, 0.25) is 0 Å². The van der Waals surface area contributed by atoms with Crippen LogP contribution in [0.1, 0.15) is 17.5 Å². The molecular formula is C20H20N4. The number of rotatable bonds is 4. The highest BCUT2D eigenvalue weighted by atomic mass is 15.2. The van der Waals surface area contributed by atoms with Crippen LogP contribution in [-0.4, -0.2) is 16.5 Å². The maximum absolute atomic E-state index is 4.71. The maximum atomic E-state index is 4.71. The molecule has 120 valence electrons. The first-order valence-corrected chi connectivity index (χ1v) is 8.36. The Hall–Kier alpha value is -2.88. The molecule has 0 spiro atoms. The van der Waals surface area contributed by atoms with Gasteiger partial charge < -0.3 is 10.2 Å². The van der Waals surface area contributed by atoms with Gasteiger partial charge in [0.15, 0.2) is 0 Å². The number of anilines is 3. The Labute approximate surface area is 142 Å². The molecule has 1 aromatic heterocycles. The van der Waals surface area contributed by atoms with Crippen LogP contribution in [0, 0.1) is 0 Å². The summed E-state index contributed by atoms with van der Waals surface area (Å²) in [6, 6.07) is 20.9. The van der Waals surface area contributed by atoms with E-state index in [0.29, 0.717) is 5.95 Å². The number of aryl methyl sites for hydroxylation is 1. The number of nitrogens with one attached hydrogen (secondary N) is 1. The molecule has 4 rings (SSSR count). The van der Waals surface area contributed by atoms with Crippen LogP contribution in [0.25, 0.3) is 0 Å². The molecule has 4 heteroatoms. The Morgan fingerprint density at radius 2 is 1.79 bits per heavy atom. The predicted octanol–water partition coefficient (Wildman–Crippen LogP) is 4.17. The summed E-state index contributed by atoms with van der Waals surface area (Å²) in [7, 11) is 0. The van der Waals surface area contributed by atoms with Crippen molar-refractivity contribution < 1.29 is 0 Å². The molecule has 0 amide bonds. The lowest BCUT2D eigenvalue weighted by molar-refractivity contribution is 0.758. The van der Waals surface area contributed by atoms with Gasteiger partial charge in [-0.05, 0) is 36.1 Å². The van der Waals surface area contributed by atoms with Crippen LogP contribution in [0.5, 0.6) is 0 Å². The van der Waals surface area contributed by atoms with Gasteiger partial charge in [0.2, 0.25) is 5.95 Å². The average molecular weight is 316 g/mol. The van der Waals surface area contributed by atoms with E-state index >= 15 is 0 Å². The maximum Gasteiger partial charge on any atom is 0.224 e. The van der Waals surface area contributed by atoms with Gasteiger partial charge in [0.25, 0.3) is 0 Å². The number of aromatic nitrogens is 2. The number of fused-ring (bicyclic) bond motifs is 1.